The second kappa shape index (κ2) is 5.65. The van der Waals surface area contributed by atoms with Gasteiger partial charge in [0.1, 0.15) is 5.52 Å². The molecule has 1 aliphatic rings. The quantitative estimate of drug-likeness (QED) is 0.872. The van der Waals surface area contributed by atoms with Gasteiger partial charge in [-0.1, -0.05) is 11.8 Å². The molecule has 1 saturated heterocycles. The fraction of sp³-hybridized carbons (Fsp3) is 0.500. The number of pyridine rings is 1. The number of ether oxygens (including phenoxy) is 1. The van der Waals surface area contributed by atoms with Crippen molar-refractivity contribution >= 4 is 28.8 Å². The maximum atomic E-state index is 10.9. The molecule has 0 aliphatic carbocycles. The van der Waals surface area contributed by atoms with E-state index in [0.717, 1.165) is 29.0 Å². The van der Waals surface area contributed by atoms with Crippen LogP contribution in [0.5, 0.6) is 0 Å². The van der Waals surface area contributed by atoms with Crippen molar-refractivity contribution in [3.05, 3.63) is 18.5 Å². The van der Waals surface area contributed by atoms with Gasteiger partial charge in [0.05, 0.1) is 17.5 Å². The molecule has 7 heteroatoms. The van der Waals surface area contributed by atoms with E-state index in [1.165, 1.54) is 11.8 Å². The third kappa shape index (κ3) is 2.75. The van der Waals surface area contributed by atoms with E-state index in [1.807, 2.05) is 6.07 Å². The summed E-state index contributed by atoms with van der Waals surface area (Å²) in [5.74, 6) is -0.836. The second-order valence-corrected chi connectivity index (χ2v) is 6.33. The van der Waals surface area contributed by atoms with Crippen LogP contribution >= 0.6 is 11.8 Å². The van der Waals surface area contributed by atoms with E-state index >= 15 is 0 Å². The molecule has 2 aromatic heterocycles. The molecule has 0 amide bonds. The fourth-order valence-electron chi connectivity index (χ4n) is 2.69. The van der Waals surface area contributed by atoms with E-state index in [0.29, 0.717) is 13.2 Å². The summed E-state index contributed by atoms with van der Waals surface area (Å²) >= 11 is 1.26. The van der Waals surface area contributed by atoms with Gasteiger partial charge in [0.25, 0.3) is 0 Å². The molecule has 0 unspecified atom stereocenters. The number of carboxylic acid groups (broad SMARTS) is 1. The minimum atomic E-state index is -0.839. The average Bonchev–Trinajstić information content (AvgIpc) is 2.85. The Morgan fingerprint density at radius 1 is 1.52 bits per heavy atom. The fourth-order valence-corrected chi connectivity index (χ4v) is 3.55. The van der Waals surface area contributed by atoms with Gasteiger partial charge in [-0.2, -0.15) is 0 Å². The maximum Gasteiger partial charge on any atom is 0.313 e. The number of hydrogen-bond acceptors (Lipinski definition) is 5. The van der Waals surface area contributed by atoms with Crippen LogP contribution in [0.3, 0.4) is 0 Å². The number of carboxylic acids is 1. The zero-order valence-electron chi connectivity index (χ0n) is 11.8. The predicted octanol–water partition coefficient (Wildman–Crippen LogP) is 2.13. The molecule has 0 bridgehead atoms. The molecule has 6 nitrogen and oxygen atoms in total. The van der Waals surface area contributed by atoms with Crippen LogP contribution in [0.25, 0.3) is 11.0 Å². The number of aliphatic carboxylic acids is 1. The SMILES string of the molecule is CC1(n2c(SCC(=O)O)nc3cnccc32)CCOCC1. The van der Waals surface area contributed by atoms with Crippen molar-refractivity contribution in [2.45, 2.75) is 30.5 Å². The van der Waals surface area contributed by atoms with Crippen molar-refractivity contribution < 1.29 is 14.6 Å². The third-order valence-electron chi connectivity index (χ3n) is 3.86. The van der Waals surface area contributed by atoms with Crippen molar-refractivity contribution in [1.29, 1.82) is 0 Å². The number of aromatic nitrogens is 3. The number of thioether (sulfide) groups is 1. The third-order valence-corrected chi connectivity index (χ3v) is 4.78. The summed E-state index contributed by atoms with van der Waals surface area (Å²) in [7, 11) is 0. The lowest BCUT2D eigenvalue weighted by atomic mass is 9.92. The lowest BCUT2D eigenvalue weighted by Gasteiger charge is -2.36. The molecule has 0 radical (unpaired) electrons. The first-order chi connectivity index (χ1) is 10.1. The summed E-state index contributed by atoms with van der Waals surface area (Å²) in [4.78, 5) is 19.5. The van der Waals surface area contributed by atoms with Gasteiger partial charge in [0.2, 0.25) is 0 Å². The highest BCUT2D eigenvalue weighted by Gasteiger charge is 2.33. The van der Waals surface area contributed by atoms with E-state index in [-0.39, 0.29) is 11.3 Å². The minimum absolute atomic E-state index is 0.00330. The number of nitrogens with zero attached hydrogens (tertiary/aromatic N) is 3. The monoisotopic (exact) mass is 307 g/mol. The lowest BCUT2D eigenvalue weighted by Crippen LogP contribution is -2.37. The van der Waals surface area contributed by atoms with E-state index in [9.17, 15) is 4.79 Å². The van der Waals surface area contributed by atoms with Crippen molar-refractivity contribution in [1.82, 2.24) is 14.5 Å². The van der Waals surface area contributed by atoms with Crippen LogP contribution in [0.15, 0.2) is 23.6 Å². The summed E-state index contributed by atoms with van der Waals surface area (Å²) < 4.78 is 7.63. The molecule has 0 saturated carbocycles. The summed E-state index contributed by atoms with van der Waals surface area (Å²) in [6.45, 7) is 3.61. The zero-order valence-corrected chi connectivity index (χ0v) is 12.6. The molecule has 0 spiro atoms. The van der Waals surface area contributed by atoms with Crippen LogP contribution in [0.4, 0.5) is 0 Å². The maximum absolute atomic E-state index is 10.9. The van der Waals surface area contributed by atoms with E-state index < -0.39 is 5.97 Å². The molecule has 1 fully saturated rings. The molecule has 21 heavy (non-hydrogen) atoms. The molecule has 1 N–H and O–H groups in total. The number of carbonyl (C=O) groups is 1. The summed E-state index contributed by atoms with van der Waals surface area (Å²) in [6.07, 6.45) is 5.25. The van der Waals surface area contributed by atoms with Gasteiger partial charge in [-0.3, -0.25) is 9.78 Å². The molecule has 0 aromatic carbocycles. The van der Waals surface area contributed by atoms with Crippen molar-refractivity contribution in [2.75, 3.05) is 19.0 Å². The first-order valence-electron chi connectivity index (χ1n) is 6.85. The van der Waals surface area contributed by atoms with E-state index in [4.69, 9.17) is 9.84 Å². The zero-order chi connectivity index (χ0) is 14.9. The van der Waals surface area contributed by atoms with Crippen LogP contribution in [-0.4, -0.2) is 44.6 Å². The van der Waals surface area contributed by atoms with Gasteiger partial charge >= 0.3 is 5.97 Å². The van der Waals surface area contributed by atoms with Gasteiger partial charge in [0, 0.05) is 24.9 Å². The standard InChI is InChI=1S/C14H17N3O3S/c1-14(3-6-20-7-4-14)17-11-2-5-15-8-10(11)16-13(17)21-9-12(18)19/h2,5,8H,3-4,6-7,9H2,1H3,(H,18,19). The van der Waals surface area contributed by atoms with Crippen molar-refractivity contribution in [2.24, 2.45) is 0 Å². The highest BCUT2D eigenvalue weighted by molar-refractivity contribution is 7.99. The normalized spacial score (nSPS) is 18.0. The Kier molecular flexibility index (Phi) is 3.86. The smallest absolute Gasteiger partial charge is 0.313 e. The number of rotatable bonds is 4. The molecular formula is C14H17N3O3S. The Bertz CT molecular complexity index is 665. The molecule has 1 aliphatic heterocycles. The Labute approximate surface area is 126 Å². The summed E-state index contributed by atoms with van der Waals surface area (Å²) in [5, 5.41) is 9.67. The Balaban J connectivity index is 2.08. The van der Waals surface area contributed by atoms with Crippen LogP contribution < -0.4 is 0 Å². The highest BCUT2D eigenvalue weighted by Crippen LogP contribution is 2.36. The van der Waals surface area contributed by atoms with Crippen LogP contribution in [0.2, 0.25) is 0 Å². The molecule has 0 atom stereocenters. The van der Waals surface area contributed by atoms with Gasteiger partial charge in [-0.05, 0) is 25.8 Å². The second-order valence-electron chi connectivity index (χ2n) is 5.39. The van der Waals surface area contributed by atoms with Gasteiger partial charge in [-0.25, -0.2) is 4.98 Å². The van der Waals surface area contributed by atoms with Gasteiger partial charge in [-0.15, -0.1) is 0 Å². The molecule has 3 rings (SSSR count). The highest BCUT2D eigenvalue weighted by atomic mass is 32.2. The number of fused-ring (bicyclic) bond motifs is 1. The summed E-state index contributed by atoms with van der Waals surface area (Å²) in [5.41, 5.74) is 1.70. The molecular weight excluding hydrogens is 290 g/mol. The van der Waals surface area contributed by atoms with Gasteiger partial charge < -0.3 is 14.4 Å². The first kappa shape index (κ1) is 14.3. The lowest BCUT2D eigenvalue weighted by molar-refractivity contribution is -0.133. The predicted molar refractivity (Wildman–Crippen MR) is 79.6 cm³/mol. The summed E-state index contributed by atoms with van der Waals surface area (Å²) in [6, 6.07) is 1.94. The van der Waals surface area contributed by atoms with Gasteiger partial charge in [0.15, 0.2) is 5.16 Å². The van der Waals surface area contributed by atoms with Crippen LogP contribution in [-0.2, 0) is 15.1 Å². The Hall–Kier alpha value is -1.60. The van der Waals surface area contributed by atoms with Crippen molar-refractivity contribution in [3.8, 4) is 0 Å². The van der Waals surface area contributed by atoms with Crippen LogP contribution in [0.1, 0.15) is 19.8 Å². The van der Waals surface area contributed by atoms with Crippen LogP contribution in [0, 0.1) is 0 Å². The van der Waals surface area contributed by atoms with E-state index in [2.05, 4.69) is 21.5 Å². The average molecular weight is 307 g/mol. The first-order valence-corrected chi connectivity index (χ1v) is 7.84. The Morgan fingerprint density at radius 3 is 3.00 bits per heavy atom. The largest absolute Gasteiger partial charge is 0.481 e. The Morgan fingerprint density at radius 2 is 2.29 bits per heavy atom. The molecule has 3 heterocycles. The number of hydrogen-bond donors (Lipinski definition) is 1. The minimum Gasteiger partial charge on any atom is -0.481 e. The van der Waals surface area contributed by atoms with E-state index in [1.54, 1.807) is 12.4 Å². The molecule has 112 valence electrons. The topological polar surface area (TPSA) is 77.2 Å². The molecule has 2 aromatic rings. The number of imidazole rings is 1. The van der Waals surface area contributed by atoms with Crippen molar-refractivity contribution in [3.63, 3.8) is 0 Å².